The number of hydrogen-bond donors (Lipinski definition) is 0. The van der Waals surface area contributed by atoms with Gasteiger partial charge in [-0.15, -0.1) is 0 Å². The number of allylic oxidation sites excluding steroid dienone is 6. The van der Waals surface area contributed by atoms with Crippen molar-refractivity contribution in [2.24, 2.45) is 5.92 Å². The van der Waals surface area contributed by atoms with E-state index in [0.29, 0.717) is 0 Å². The molecule has 0 heteroatoms. The van der Waals surface area contributed by atoms with Crippen molar-refractivity contribution in [2.45, 2.75) is 18.8 Å². The molecule has 0 bridgehead atoms. The van der Waals surface area contributed by atoms with Crippen molar-refractivity contribution in [2.75, 3.05) is 0 Å². The molecule has 2 atom stereocenters. The van der Waals surface area contributed by atoms with Crippen molar-refractivity contribution in [1.82, 2.24) is 0 Å². The first-order valence-corrected chi connectivity index (χ1v) is 18.6. The molecule has 8 aromatic carbocycles. The number of hydrogen-bond acceptors (Lipinski definition) is 0. The van der Waals surface area contributed by atoms with E-state index in [9.17, 15) is 0 Å². The van der Waals surface area contributed by atoms with E-state index in [2.05, 4.69) is 182 Å². The fraction of sp³-hybridized carbons (Fsp3) is 0.0769. The van der Waals surface area contributed by atoms with Gasteiger partial charge in [-0.2, -0.15) is 0 Å². The van der Waals surface area contributed by atoms with E-state index >= 15 is 0 Å². The van der Waals surface area contributed by atoms with Gasteiger partial charge < -0.3 is 0 Å². The lowest BCUT2D eigenvalue weighted by molar-refractivity contribution is 0.650. The Morgan fingerprint density at radius 3 is 1.98 bits per heavy atom. The summed E-state index contributed by atoms with van der Waals surface area (Å²) in [5.41, 5.74) is 13.5. The van der Waals surface area contributed by atoms with Crippen molar-refractivity contribution >= 4 is 54.7 Å². The molecule has 3 aliphatic carbocycles. The maximum absolute atomic E-state index is 2.54. The SMILES string of the molecule is C1=CC2=C(c3ccc4ccccc4c3)c3ccc(-c4ccc5ccccc5c4)cc3C(c3ccc4c(c3)c3c(c5ccccc54)CCC=C3)C2C=C1. The average Bonchev–Trinajstić information content (AvgIpc) is 3.22. The van der Waals surface area contributed by atoms with Gasteiger partial charge in [0.1, 0.15) is 0 Å². The van der Waals surface area contributed by atoms with Gasteiger partial charge in [0.05, 0.1) is 0 Å². The van der Waals surface area contributed by atoms with Crippen LogP contribution >= 0.6 is 0 Å². The van der Waals surface area contributed by atoms with E-state index in [1.807, 2.05) is 0 Å². The Hall–Kier alpha value is -6.24. The Morgan fingerprint density at radius 1 is 0.481 bits per heavy atom. The van der Waals surface area contributed by atoms with E-state index in [-0.39, 0.29) is 11.8 Å². The van der Waals surface area contributed by atoms with Gasteiger partial charge in [0.2, 0.25) is 0 Å². The molecule has 0 fully saturated rings. The van der Waals surface area contributed by atoms with Crippen LogP contribution < -0.4 is 0 Å². The zero-order chi connectivity index (χ0) is 34.2. The van der Waals surface area contributed by atoms with Crippen LogP contribution in [0.3, 0.4) is 0 Å². The molecule has 0 radical (unpaired) electrons. The molecule has 0 aliphatic heterocycles. The summed E-state index contributed by atoms with van der Waals surface area (Å²) in [6.07, 6.45) is 16.3. The molecule has 0 aromatic heterocycles. The third-order valence-corrected chi connectivity index (χ3v) is 11.9. The smallest absolute Gasteiger partial charge is 0.0200 e. The monoisotopic (exact) mass is 660 g/mol. The molecule has 52 heavy (non-hydrogen) atoms. The Labute approximate surface area is 304 Å². The number of aryl methyl sites for hydroxylation is 1. The predicted octanol–water partition coefficient (Wildman–Crippen LogP) is 13.6. The van der Waals surface area contributed by atoms with Crippen LogP contribution in [-0.2, 0) is 6.42 Å². The van der Waals surface area contributed by atoms with Crippen LogP contribution in [0.15, 0.2) is 182 Å². The van der Waals surface area contributed by atoms with E-state index in [1.54, 1.807) is 0 Å². The van der Waals surface area contributed by atoms with Crippen LogP contribution in [0.5, 0.6) is 0 Å². The van der Waals surface area contributed by atoms with Crippen molar-refractivity contribution in [3.05, 3.63) is 215 Å². The molecule has 0 heterocycles. The molecular weight excluding hydrogens is 625 g/mol. The third kappa shape index (κ3) is 4.54. The van der Waals surface area contributed by atoms with Gasteiger partial charge in [-0.05, 0) is 136 Å². The molecule has 0 N–H and O–H groups in total. The van der Waals surface area contributed by atoms with Gasteiger partial charge in [-0.1, -0.05) is 158 Å². The lowest BCUT2D eigenvalue weighted by Crippen LogP contribution is -2.23. The molecular formula is C52H36. The van der Waals surface area contributed by atoms with Crippen LogP contribution in [-0.4, -0.2) is 0 Å². The normalized spacial score (nSPS) is 17.5. The topological polar surface area (TPSA) is 0 Å². The second-order valence-corrected chi connectivity index (χ2v) is 14.7. The van der Waals surface area contributed by atoms with Gasteiger partial charge in [-0.25, -0.2) is 0 Å². The number of fused-ring (bicyclic) bond motifs is 10. The number of benzene rings is 8. The van der Waals surface area contributed by atoms with Crippen LogP contribution in [0, 0.1) is 5.92 Å². The number of rotatable bonds is 3. The maximum Gasteiger partial charge on any atom is 0.0200 e. The summed E-state index contributed by atoms with van der Waals surface area (Å²) in [6.45, 7) is 0. The van der Waals surface area contributed by atoms with E-state index in [4.69, 9.17) is 0 Å². The summed E-state index contributed by atoms with van der Waals surface area (Å²) in [5.74, 6) is 0.366. The first-order chi connectivity index (χ1) is 25.8. The summed E-state index contributed by atoms with van der Waals surface area (Å²) in [6, 6.07) is 55.0. The zero-order valence-electron chi connectivity index (χ0n) is 28.9. The Balaban J connectivity index is 1.18. The van der Waals surface area contributed by atoms with Crippen LogP contribution in [0.4, 0.5) is 0 Å². The largest absolute Gasteiger partial charge is 0.0836 e. The van der Waals surface area contributed by atoms with Crippen LogP contribution in [0.2, 0.25) is 0 Å². The van der Waals surface area contributed by atoms with Crippen molar-refractivity contribution < 1.29 is 0 Å². The molecule has 0 saturated carbocycles. The van der Waals surface area contributed by atoms with Crippen molar-refractivity contribution in [3.63, 3.8) is 0 Å². The molecule has 11 rings (SSSR count). The van der Waals surface area contributed by atoms with E-state index in [1.165, 1.54) is 98.7 Å². The summed E-state index contributed by atoms with van der Waals surface area (Å²) < 4.78 is 0. The highest BCUT2D eigenvalue weighted by atomic mass is 14.4. The highest BCUT2D eigenvalue weighted by Gasteiger charge is 2.36. The van der Waals surface area contributed by atoms with Crippen molar-refractivity contribution in [3.8, 4) is 11.1 Å². The summed E-state index contributed by atoms with van der Waals surface area (Å²) >= 11 is 0. The Kier molecular flexibility index (Phi) is 6.61. The van der Waals surface area contributed by atoms with Gasteiger partial charge >= 0.3 is 0 Å². The van der Waals surface area contributed by atoms with Crippen LogP contribution in [0.25, 0.3) is 65.9 Å². The van der Waals surface area contributed by atoms with E-state index in [0.717, 1.165) is 12.8 Å². The summed E-state index contributed by atoms with van der Waals surface area (Å²) in [5, 5.41) is 10.6. The fourth-order valence-corrected chi connectivity index (χ4v) is 9.49. The first kappa shape index (κ1) is 29.5. The van der Waals surface area contributed by atoms with Gasteiger partial charge in [-0.3, -0.25) is 0 Å². The molecule has 3 aliphatic rings. The molecule has 0 saturated heterocycles. The van der Waals surface area contributed by atoms with Gasteiger partial charge in [0, 0.05) is 11.8 Å². The second-order valence-electron chi connectivity index (χ2n) is 14.7. The third-order valence-electron chi connectivity index (χ3n) is 11.9. The van der Waals surface area contributed by atoms with Gasteiger partial charge in [0.15, 0.2) is 0 Å². The quantitative estimate of drug-likeness (QED) is 0.165. The predicted molar refractivity (Wildman–Crippen MR) is 222 cm³/mol. The Bertz CT molecular complexity index is 2910. The Morgan fingerprint density at radius 2 is 1.15 bits per heavy atom. The standard InChI is InChI=1S/C52H36/c1-3-13-35-29-37(23-21-33(35)11-1)38-25-28-48-50(31-38)52(47-20-10-9-19-46(47)51(48)39-24-22-34-12-2-4-14-36(34)30-39)40-26-27-45-43-17-6-5-15-41(43)42-16-7-8-18-44(42)49(45)32-40/h1-6,8-15,17-32,47,52H,7,16H2. The minimum atomic E-state index is 0.162. The minimum absolute atomic E-state index is 0.162. The summed E-state index contributed by atoms with van der Waals surface area (Å²) in [7, 11) is 0. The molecule has 0 spiro atoms. The first-order valence-electron chi connectivity index (χ1n) is 18.6. The van der Waals surface area contributed by atoms with E-state index < -0.39 is 0 Å². The average molecular weight is 661 g/mol. The molecule has 244 valence electrons. The van der Waals surface area contributed by atoms with Crippen molar-refractivity contribution in [1.29, 1.82) is 0 Å². The second kappa shape index (κ2) is 11.7. The minimum Gasteiger partial charge on any atom is -0.0836 e. The zero-order valence-corrected chi connectivity index (χ0v) is 28.9. The molecule has 0 amide bonds. The molecule has 2 unspecified atom stereocenters. The highest BCUT2D eigenvalue weighted by Crippen LogP contribution is 2.52. The summed E-state index contributed by atoms with van der Waals surface area (Å²) in [4.78, 5) is 0. The molecule has 8 aromatic rings. The fourth-order valence-electron chi connectivity index (χ4n) is 9.49. The van der Waals surface area contributed by atoms with Crippen LogP contribution in [0.1, 0.15) is 45.7 Å². The van der Waals surface area contributed by atoms with Gasteiger partial charge in [0.25, 0.3) is 0 Å². The maximum atomic E-state index is 2.54. The lowest BCUT2D eigenvalue weighted by Gasteiger charge is -2.37. The molecule has 0 nitrogen and oxygen atoms in total. The lowest BCUT2D eigenvalue weighted by atomic mass is 9.66. The highest BCUT2D eigenvalue weighted by molar-refractivity contribution is 6.13.